The lowest BCUT2D eigenvalue weighted by Gasteiger charge is -2.31. The zero-order valence-corrected chi connectivity index (χ0v) is 21.3. The first-order valence-corrected chi connectivity index (χ1v) is 11.9. The van der Waals surface area contributed by atoms with Crippen molar-refractivity contribution in [2.45, 2.75) is 6.04 Å². The molecule has 2 amide bonds. The van der Waals surface area contributed by atoms with Crippen LogP contribution in [0.3, 0.4) is 0 Å². The Labute approximate surface area is 217 Å². The Morgan fingerprint density at radius 1 is 0.906 bits per heavy atom. The number of hydrogen-bond acceptors (Lipinski definition) is 2. The van der Waals surface area contributed by atoms with Crippen molar-refractivity contribution >= 4 is 91.4 Å². The molecule has 0 fully saturated rings. The van der Waals surface area contributed by atoms with Gasteiger partial charge in [-0.3, -0.25) is 9.59 Å². The third-order valence-electron chi connectivity index (χ3n) is 5.01. The van der Waals surface area contributed by atoms with Gasteiger partial charge in [-0.25, -0.2) is 0 Å². The topological polar surface area (TPSA) is 49.4 Å². The average Bonchev–Trinajstić information content (AvgIpc) is 2.92. The molecule has 1 heterocycles. The molecular formula is C22H12BrCl5N2O2. The second-order valence-corrected chi connectivity index (χ2v) is 9.78. The molecule has 4 nitrogen and oxygen atoms in total. The lowest BCUT2D eigenvalue weighted by atomic mass is 9.95. The maximum atomic E-state index is 13.8. The van der Waals surface area contributed by atoms with Crippen molar-refractivity contribution in [3.63, 3.8) is 0 Å². The van der Waals surface area contributed by atoms with Crippen LogP contribution in [0.4, 0.5) is 5.69 Å². The summed E-state index contributed by atoms with van der Waals surface area (Å²) in [6.07, 6.45) is 0. The molecule has 164 valence electrons. The van der Waals surface area contributed by atoms with Crippen LogP contribution in [0.1, 0.15) is 27.5 Å². The molecule has 0 aromatic heterocycles. The fourth-order valence-corrected chi connectivity index (χ4v) is 5.28. The van der Waals surface area contributed by atoms with Crippen LogP contribution in [0.25, 0.3) is 0 Å². The summed E-state index contributed by atoms with van der Waals surface area (Å²) in [5, 5.41) is 2.34. The SMILES string of the molecule is O=C1CN(C(=O)c2c(Cl)c(Cl)c(Cl)c(Cl)c2Cl)[C@H](c2ccccc2)c2cc(Br)ccc2N1. The minimum absolute atomic E-state index is 0.0534. The average molecular weight is 594 g/mol. The van der Waals surface area contributed by atoms with Crippen LogP contribution in [-0.4, -0.2) is 23.3 Å². The highest BCUT2D eigenvalue weighted by Crippen LogP contribution is 2.46. The molecule has 0 radical (unpaired) electrons. The summed E-state index contributed by atoms with van der Waals surface area (Å²) >= 11 is 34.7. The summed E-state index contributed by atoms with van der Waals surface area (Å²) in [6.45, 7) is -0.255. The molecule has 32 heavy (non-hydrogen) atoms. The van der Waals surface area contributed by atoms with Gasteiger partial charge >= 0.3 is 0 Å². The molecule has 0 aliphatic carbocycles. The number of nitrogens with zero attached hydrogens (tertiary/aromatic N) is 1. The number of hydrogen-bond donors (Lipinski definition) is 1. The van der Waals surface area contributed by atoms with Crippen molar-refractivity contribution in [2.75, 3.05) is 11.9 Å². The Hall–Kier alpha value is -1.47. The van der Waals surface area contributed by atoms with Gasteiger partial charge in [0.2, 0.25) is 5.91 Å². The highest BCUT2D eigenvalue weighted by molar-refractivity contribution is 9.10. The molecule has 1 aliphatic rings. The van der Waals surface area contributed by atoms with E-state index in [-0.39, 0.29) is 43.1 Å². The van der Waals surface area contributed by atoms with Crippen molar-refractivity contribution in [3.8, 4) is 0 Å². The Morgan fingerprint density at radius 2 is 1.50 bits per heavy atom. The summed E-state index contributed by atoms with van der Waals surface area (Å²) in [7, 11) is 0. The van der Waals surface area contributed by atoms with Crippen LogP contribution in [0.15, 0.2) is 53.0 Å². The molecule has 0 bridgehead atoms. The Morgan fingerprint density at radius 3 is 2.12 bits per heavy atom. The molecule has 1 N–H and O–H groups in total. The van der Waals surface area contributed by atoms with Crippen molar-refractivity contribution in [1.29, 1.82) is 0 Å². The van der Waals surface area contributed by atoms with Crippen molar-refractivity contribution < 1.29 is 9.59 Å². The van der Waals surface area contributed by atoms with Crippen LogP contribution in [-0.2, 0) is 4.79 Å². The van der Waals surface area contributed by atoms with Gasteiger partial charge in [0.1, 0.15) is 6.54 Å². The first-order chi connectivity index (χ1) is 15.2. The fraction of sp³-hybridized carbons (Fsp3) is 0.0909. The number of carbonyl (C=O) groups is 2. The molecular weight excluding hydrogens is 581 g/mol. The van der Waals surface area contributed by atoms with Crippen molar-refractivity contribution in [2.24, 2.45) is 0 Å². The molecule has 3 aromatic rings. The van der Waals surface area contributed by atoms with E-state index >= 15 is 0 Å². The quantitative estimate of drug-likeness (QED) is 0.243. The Kier molecular flexibility index (Phi) is 6.97. The van der Waals surface area contributed by atoms with Crippen LogP contribution < -0.4 is 5.32 Å². The molecule has 3 aromatic carbocycles. The maximum Gasteiger partial charge on any atom is 0.258 e. The van der Waals surface area contributed by atoms with Gasteiger partial charge in [-0.15, -0.1) is 0 Å². The number of anilines is 1. The van der Waals surface area contributed by atoms with E-state index in [1.807, 2.05) is 42.5 Å². The Bertz CT molecular complexity index is 1220. The first-order valence-electron chi connectivity index (χ1n) is 9.17. The predicted octanol–water partition coefficient (Wildman–Crippen LogP) is 7.90. The third-order valence-corrected chi connectivity index (χ3v) is 7.78. The zero-order chi connectivity index (χ0) is 23.2. The highest BCUT2D eigenvalue weighted by Gasteiger charge is 2.37. The Balaban J connectivity index is 1.96. The molecule has 4 rings (SSSR count). The minimum atomic E-state index is -0.629. The van der Waals surface area contributed by atoms with Crippen LogP contribution in [0.2, 0.25) is 25.1 Å². The second-order valence-electron chi connectivity index (χ2n) is 6.97. The molecule has 0 unspecified atom stereocenters. The van der Waals surface area contributed by atoms with Crippen LogP contribution >= 0.6 is 73.9 Å². The van der Waals surface area contributed by atoms with E-state index in [1.165, 1.54) is 4.90 Å². The van der Waals surface area contributed by atoms with E-state index in [4.69, 9.17) is 58.0 Å². The lowest BCUT2D eigenvalue weighted by Crippen LogP contribution is -2.39. The number of halogens is 6. The van der Waals surface area contributed by atoms with Gasteiger partial charge < -0.3 is 10.2 Å². The van der Waals surface area contributed by atoms with E-state index in [2.05, 4.69) is 21.2 Å². The third kappa shape index (κ3) is 4.23. The number of rotatable bonds is 2. The van der Waals surface area contributed by atoms with Crippen molar-refractivity contribution in [3.05, 3.63) is 94.8 Å². The zero-order valence-electron chi connectivity index (χ0n) is 15.9. The summed E-state index contributed by atoms with van der Waals surface area (Å²) in [4.78, 5) is 28.0. The molecule has 10 heteroatoms. The normalized spacial score (nSPS) is 15.8. The summed E-state index contributed by atoms with van der Waals surface area (Å²) in [5.41, 5.74) is 1.96. The van der Waals surface area contributed by atoms with Gasteiger partial charge in [-0.05, 0) is 23.8 Å². The van der Waals surface area contributed by atoms with Gasteiger partial charge in [0.25, 0.3) is 5.91 Å². The fourth-order valence-electron chi connectivity index (χ4n) is 3.60. The number of carbonyl (C=O) groups excluding carboxylic acids is 2. The number of amides is 2. The summed E-state index contributed by atoms with van der Waals surface area (Å²) in [6, 6.07) is 14.1. The summed E-state index contributed by atoms with van der Waals surface area (Å²) in [5.74, 6) is -0.990. The minimum Gasteiger partial charge on any atom is -0.324 e. The van der Waals surface area contributed by atoms with Gasteiger partial charge in [0.05, 0.1) is 36.7 Å². The van der Waals surface area contributed by atoms with Gasteiger partial charge in [-0.1, -0.05) is 104 Å². The number of benzene rings is 3. The maximum absolute atomic E-state index is 13.8. The lowest BCUT2D eigenvalue weighted by molar-refractivity contribution is -0.117. The summed E-state index contributed by atoms with van der Waals surface area (Å²) < 4.78 is 0.786. The van der Waals surface area contributed by atoms with E-state index in [1.54, 1.807) is 6.07 Å². The monoisotopic (exact) mass is 590 g/mol. The number of nitrogens with one attached hydrogen (secondary N) is 1. The van der Waals surface area contributed by atoms with Crippen LogP contribution in [0.5, 0.6) is 0 Å². The van der Waals surface area contributed by atoms with Gasteiger partial charge in [0, 0.05) is 15.7 Å². The highest BCUT2D eigenvalue weighted by atomic mass is 79.9. The van der Waals surface area contributed by atoms with Crippen molar-refractivity contribution in [1.82, 2.24) is 4.90 Å². The van der Waals surface area contributed by atoms with E-state index in [9.17, 15) is 9.59 Å². The van der Waals surface area contributed by atoms with Gasteiger partial charge in [-0.2, -0.15) is 0 Å². The van der Waals surface area contributed by atoms with E-state index in [0.29, 0.717) is 11.3 Å². The molecule has 1 atom stereocenters. The molecule has 0 saturated carbocycles. The predicted molar refractivity (Wildman–Crippen MR) is 134 cm³/mol. The molecule has 0 saturated heterocycles. The first kappa shape index (κ1) is 23.7. The van der Waals surface area contributed by atoms with E-state index in [0.717, 1.165) is 10.0 Å². The molecule has 0 spiro atoms. The van der Waals surface area contributed by atoms with E-state index < -0.39 is 11.9 Å². The van der Waals surface area contributed by atoms with Crippen LogP contribution in [0, 0.1) is 0 Å². The second kappa shape index (κ2) is 9.41. The standard InChI is InChI=1S/C22H12BrCl5N2O2/c23-11-6-7-13-12(8-11)21(10-4-2-1-3-5-10)30(9-14(31)29-13)22(32)15-16(24)18(26)20(28)19(27)17(15)25/h1-8,21H,9H2,(H,29,31)/t21-/m1/s1. The van der Waals surface area contributed by atoms with Gasteiger partial charge in [0.15, 0.2) is 0 Å². The largest absolute Gasteiger partial charge is 0.324 e. The smallest absolute Gasteiger partial charge is 0.258 e. The molecule has 1 aliphatic heterocycles. The number of fused-ring (bicyclic) bond motifs is 1.